The van der Waals surface area contributed by atoms with Gasteiger partial charge in [0.05, 0.1) is 13.0 Å². The van der Waals surface area contributed by atoms with E-state index in [1.807, 2.05) is 42.0 Å². The van der Waals surface area contributed by atoms with Crippen molar-refractivity contribution in [1.82, 2.24) is 9.55 Å². The molecule has 0 bridgehead atoms. The first-order valence-electron chi connectivity index (χ1n) is 7.40. The molecule has 0 radical (unpaired) electrons. The van der Waals surface area contributed by atoms with Gasteiger partial charge in [-0.25, -0.2) is 4.98 Å². The Balaban J connectivity index is 1.78. The molecule has 1 aromatic carbocycles. The van der Waals surface area contributed by atoms with Gasteiger partial charge in [0, 0.05) is 25.4 Å². The van der Waals surface area contributed by atoms with Crippen molar-refractivity contribution in [1.29, 1.82) is 0 Å². The lowest BCUT2D eigenvalue weighted by Gasteiger charge is -2.07. The molecule has 21 heavy (non-hydrogen) atoms. The number of aryl methyl sites for hydroxylation is 2. The molecule has 2 aromatic rings. The van der Waals surface area contributed by atoms with Crippen LogP contribution < -0.4 is 4.74 Å². The quantitative estimate of drug-likeness (QED) is 0.748. The molecule has 0 unspecified atom stereocenters. The summed E-state index contributed by atoms with van der Waals surface area (Å²) in [5.74, 6) is 1.82. The fraction of sp³-hybridized carbons (Fsp3) is 0.412. The number of aromatic nitrogens is 2. The number of benzene rings is 1. The van der Waals surface area contributed by atoms with E-state index in [9.17, 15) is 4.79 Å². The van der Waals surface area contributed by atoms with E-state index in [4.69, 9.17) is 4.74 Å². The first kappa shape index (κ1) is 15.3. The summed E-state index contributed by atoms with van der Waals surface area (Å²) >= 11 is 0. The van der Waals surface area contributed by atoms with Gasteiger partial charge in [0.1, 0.15) is 17.4 Å². The smallest absolute Gasteiger partial charge is 0.143 e. The van der Waals surface area contributed by atoms with E-state index in [0.29, 0.717) is 19.4 Å². The molecule has 0 N–H and O–H groups in total. The van der Waals surface area contributed by atoms with E-state index in [2.05, 4.69) is 11.9 Å². The number of hydrogen-bond acceptors (Lipinski definition) is 3. The molecule has 4 nitrogen and oxygen atoms in total. The number of hydrogen-bond donors (Lipinski definition) is 0. The van der Waals surface area contributed by atoms with Crippen molar-refractivity contribution >= 4 is 5.78 Å². The summed E-state index contributed by atoms with van der Waals surface area (Å²) in [6.45, 7) is 5.45. The molecule has 0 atom stereocenters. The summed E-state index contributed by atoms with van der Waals surface area (Å²) in [6.07, 6.45) is 5.50. The minimum atomic E-state index is 0.159. The monoisotopic (exact) mass is 286 g/mol. The first-order chi connectivity index (χ1) is 10.2. The predicted octanol–water partition coefficient (Wildman–Crippen LogP) is 3.18. The van der Waals surface area contributed by atoms with Crippen LogP contribution in [0.4, 0.5) is 0 Å². The van der Waals surface area contributed by atoms with Crippen LogP contribution in [0.2, 0.25) is 0 Å². The Morgan fingerprint density at radius 3 is 3.00 bits per heavy atom. The van der Waals surface area contributed by atoms with Gasteiger partial charge in [-0.2, -0.15) is 0 Å². The van der Waals surface area contributed by atoms with Crippen LogP contribution >= 0.6 is 0 Å². The molecular weight excluding hydrogens is 264 g/mol. The van der Waals surface area contributed by atoms with Gasteiger partial charge in [0.15, 0.2) is 0 Å². The number of carbonyl (C=O) groups is 1. The lowest BCUT2D eigenvalue weighted by molar-refractivity contribution is -0.119. The average Bonchev–Trinajstić information content (AvgIpc) is 2.86. The molecule has 0 fully saturated rings. The number of ether oxygens (including phenoxy) is 1. The second-order valence-electron chi connectivity index (χ2n) is 5.17. The molecule has 0 aliphatic heterocycles. The van der Waals surface area contributed by atoms with E-state index in [1.54, 1.807) is 6.20 Å². The summed E-state index contributed by atoms with van der Waals surface area (Å²) in [5.41, 5.74) is 1.15. The zero-order valence-corrected chi connectivity index (χ0v) is 12.7. The summed E-state index contributed by atoms with van der Waals surface area (Å²) < 4.78 is 7.65. The highest BCUT2D eigenvalue weighted by molar-refractivity contribution is 5.80. The molecular formula is C17H22N2O2. The molecule has 0 amide bonds. The minimum absolute atomic E-state index is 0.159. The molecule has 1 heterocycles. The first-order valence-corrected chi connectivity index (χ1v) is 7.40. The lowest BCUT2D eigenvalue weighted by Crippen LogP contribution is -2.13. The third-order valence-corrected chi connectivity index (χ3v) is 3.26. The van der Waals surface area contributed by atoms with E-state index >= 15 is 0 Å². The average molecular weight is 286 g/mol. The van der Waals surface area contributed by atoms with Crippen molar-refractivity contribution in [2.75, 3.05) is 6.61 Å². The Morgan fingerprint density at radius 2 is 2.24 bits per heavy atom. The summed E-state index contributed by atoms with van der Waals surface area (Å²) in [5, 5.41) is 0. The number of imidazole rings is 1. The maximum absolute atomic E-state index is 12.0. The van der Waals surface area contributed by atoms with Crippen molar-refractivity contribution in [3.05, 3.63) is 48.0 Å². The molecule has 4 heteroatoms. The molecule has 0 spiro atoms. The molecule has 0 saturated heterocycles. The van der Waals surface area contributed by atoms with Crippen molar-refractivity contribution in [2.45, 2.75) is 39.7 Å². The number of carbonyl (C=O) groups excluding carboxylic acids is 1. The summed E-state index contributed by atoms with van der Waals surface area (Å²) in [4.78, 5) is 16.2. The van der Waals surface area contributed by atoms with Gasteiger partial charge in [-0.3, -0.25) is 4.79 Å². The zero-order valence-electron chi connectivity index (χ0n) is 12.7. The van der Waals surface area contributed by atoms with Crippen molar-refractivity contribution in [3.8, 4) is 5.75 Å². The fourth-order valence-corrected chi connectivity index (χ4v) is 2.20. The standard InChI is InChI=1S/C17H22N2O2/c1-3-9-19-10-8-18-17(19)13-15(20)7-11-21-16-6-4-5-14(2)12-16/h4-6,8,10,12H,3,7,9,11,13H2,1-2H3. The highest BCUT2D eigenvalue weighted by Crippen LogP contribution is 2.12. The predicted molar refractivity (Wildman–Crippen MR) is 82.5 cm³/mol. The van der Waals surface area contributed by atoms with E-state index < -0.39 is 0 Å². The van der Waals surface area contributed by atoms with Gasteiger partial charge < -0.3 is 9.30 Å². The van der Waals surface area contributed by atoms with Crippen LogP contribution in [-0.2, 0) is 17.8 Å². The van der Waals surface area contributed by atoms with E-state index in [-0.39, 0.29) is 5.78 Å². The Bertz CT molecular complexity index is 590. The zero-order chi connectivity index (χ0) is 15.1. The van der Waals surface area contributed by atoms with Gasteiger partial charge in [-0.1, -0.05) is 19.1 Å². The number of Topliss-reactive ketones (excluding diaryl/α,β-unsaturated/α-hetero) is 1. The fourth-order valence-electron chi connectivity index (χ4n) is 2.20. The molecule has 0 saturated carbocycles. The van der Waals surface area contributed by atoms with Crippen LogP contribution in [0.1, 0.15) is 31.2 Å². The van der Waals surface area contributed by atoms with Crippen LogP contribution in [0, 0.1) is 6.92 Å². The van der Waals surface area contributed by atoms with Crippen LogP contribution in [-0.4, -0.2) is 21.9 Å². The van der Waals surface area contributed by atoms with Crippen LogP contribution in [0.15, 0.2) is 36.7 Å². The summed E-state index contributed by atoms with van der Waals surface area (Å²) in [6, 6.07) is 7.85. The topological polar surface area (TPSA) is 44.1 Å². The number of rotatable bonds is 8. The van der Waals surface area contributed by atoms with Crippen molar-refractivity contribution in [3.63, 3.8) is 0 Å². The molecule has 112 valence electrons. The molecule has 0 aliphatic rings. The normalized spacial score (nSPS) is 10.6. The van der Waals surface area contributed by atoms with Crippen molar-refractivity contribution in [2.24, 2.45) is 0 Å². The third-order valence-electron chi connectivity index (χ3n) is 3.26. The highest BCUT2D eigenvalue weighted by atomic mass is 16.5. The summed E-state index contributed by atoms with van der Waals surface area (Å²) in [7, 11) is 0. The molecule has 2 rings (SSSR count). The Hall–Kier alpha value is -2.10. The van der Waals surface area contributed by atoms with Crippen molar-refractivity contribution < 1.29 is 9.53 Å². The van der Waals surface area contributed by atoms with Crippen LogP contribution in [0.3, 0.4) is 0 Å². The lowest BCUT2D eigenvalue weighted by atomic mass is 10.2. The van der Waals surface area contributed by atoms with Gasteiger partial charge in [0.2, 0.25) is 0 Å². The van der Waals surface area contributed by atoms with E-state index in [1.165, 1.54) is 0 Å². The van der Waals surface area contributed by atoms with Gasteiger partial charge in [-0.15, -0.1) is 0 Å². The van der Waals surface area contributed by atoms with Crippen LogP contribution in [0.5, 0.6) is 5.75 Å². The highest BCUT2D eigenvalue weighted by Gasteiger charge is 2.09. The van der Waals surface area contributed by atoms with Gasteiger partial charge in [-0.05, 0) is 31.0 Å². The second-order valence-corrected chi connectivity index (χ2v) is 5.17. The number of ketones is 1. The Morgan fingerprint density at radius 1 is 1.38 bits per heavy atom. The third kappa shape index (κ3) is 4.74. The maximum Gasteiger partial charge on any atom is 0.143 e. The Labute approximate surface area is 125 Å². The Kier molecular flexibility index (Phi) is 5.55. The second kappa shape index (κ2) is 7.62. The SMILES string of the molecule is CCCn1ccnc1CC(=O)CCOc1cccc(C)c1. The van der Waals surface area contributed by atoms with E-state index in [0.717, 1.165) is 30.1 Å². The number of nitrogens with zero attached hydrogens (tertiary/aromatic N) is 2. The maximum atomic E-state index is 12.0. The minimum Gasteiger partial charge on any atom is -0.493 e. The molecule has 1 aromatic heterocycles. The van der Waals surface area contributed by atoms with Gasteiger partial charge in [0.25, 0.3) is 0 Å². The van der Waals surface area contributed by atoms with Gasteiger partial charge >= 0.3 is 0 Å². The van der Waals surface area contributed by atoms with Crippen LogP contribution in [0.25, 0.3) is 0 Å². The largest absolute Gasteiger partial charge is 0.493 e. The molecule has 0 aliphatic carbocycles.